The van der Waals surface area contributed by atoms with E-state index in [0.717, 1.165) is 12.3 Å². The van der Waals surface area contributed by atoms with Gasteiger partial charge in [-0.3, -0.25) is 4.79 Å². The number of carbonyl (C=O) groups excluding carboxylic acids is 1. The first-order valence-corrected chi connectivity index (χ1v) is 5.39. The highest BCUT2D eigenvalue weighted by atomic mass is 35.5. The zero-order chi connectivity index (χ0) is 13.0. The lowest BCUT2D eigenvalue weighted by molar-refractivity contribution is 0.0953. The van der Waals surface area contributed by atoms with Crippen LogP contribution in [0.2, 0.25) is 5.15 Å². The van der Waals surface area contributed by atoms with Crippen LogP contribution in [-0.4, -0.2) is 27.6 Å². The predicted octanol–water partition coefficient (Wildman–Crippen LogP) is 1.23. The predicted molar refractivity (Wildman–Crippen MR) is 59.5 cm³/mol. The van der Waals surface area contributed by atoms with Gasteiger partial charge in [0.15, 0.2) is 5.82 Å². The molecule has 1 amide bonds. The zero-order valence-electron chi connectivity index (χ0n) is 9.06. The van der Waals surface area contributed by atoms with Crippen LogP contribution in [0.4, 0.5) is 4.39 Å². The summed E-state index contributed by atoms with van der Waals surface area (Å²) in [6.07, 6.45) is 2.55. The Morgan fingerprint density at radius 2 is 2.33 bits per heavy atom. The molecule has 0 aromatic carbocycles. The number of carbonyl (C=O) groups is 1. The molecule has 0 aliphatic heterocycles. The summed E-state index contributed by atoms with van der Waals surface area (Å²) in [5.74, 6) is -0.656. The van der Waals surface area contributed by atoms with Crippen LogP contribution in [0.15, 0.2) is 23.2 Å². The van der Waals surface area contributed by atoms with Crippen LogP contribution in [0.1, 0.15) is 16.2 Å². The number of nitrogens with one attached hydrogen (secondary N) is 1. The fourth-order valence-electron chi connectivity index (χ4n) is 1.27. The molecule has 8 heteroatoms. The van der Waals surface area contributed by atoms with Gasteiger partial charge in [-0.05, 0) is 6.07 Å². The Hall–Kier alpha value is -2.02. The van der Waals surface area contributed by atoms with Crippen molar-refractivity contribution >= 4 is 17.5 Å². The Morgan fingerprint density at radius 3 is 3.06 bits per heavy atom. The molecule has 6 nitrogen and oxygen atoms in total. The third-order valence-corrected chi connectivity index (χ3v) is 2.39. The summed E-state index contributed by atoms with van der Waals surface area (Å²) in [6, 6.07) is 1.03. The van der Waals surface area contributed by atoms with Crippen molar-refractivity contribution in [3.8, 4) is 0 Å². The third-order valence-electron chi connectivity index (χ3n) is 2.09. The van der Waals surface area contributed by atoms with Crippen LogP contribution in [0.5, 0.6) is 0 Å². The van der Waals surface area contributed by atoms with Gasteiger partial charge in [0.2, 0.25) is 6.39 Å². The van der Waals surface area contributed by atoms with Crippen molar-refractivity contribution in [3.63, 3.8) is 0 Å². The first-order chi connectivity index (χ1) is 8.66. The summed E-state index contributed by atoms with van der Waals surface area (Å²) < 4.78 is 17.5. The largest absolute Gasteiger partial charge is 0.351 e. The fourth-order valence-corrected chi connectivity index (χ4v) is 1.46. The van der Waals surface area contributed by atoms with Gasteiger partial charge in [0.1, 0.15) is 11.0 Å². The quantitative estimate of drug-likeness (QED) is 0.845. The molecule has 0 bridgehead atoms. The summed E-state index contributed by atoms with van der Waals surface area (Å²) in [5.41, 5.74) is -0.00946. The van der Waals surface area contributed by atoms with Crippen molar-refractivity contribution in [2.24, 2.45) is 0 Å². The highest BCUT2D eigenvalue weighted by molar-refractivity contribution is 6.32. The third kappa shape index (κ3) is 3.01. The normalized spacial score (nSPS) is 10.3. The molecule has 0 aliphatic rings. The average Bonchev–Trinajstić information content (AvgIpc) is 2.85. The molecule has 0 spiro atoms. The lowest BCUT2D eigenvalue weighted by Gasteiger charge is -2.04. The molecule has 0 aliphatic carbocycles. The van der Waals surface area contributed by atoms with E-state index < -0.39 is 11.7 Å². The summed E-state index contributed by atoms with van der Waals surface area (Å²) in [5, 5.41) is 6.09. The minimum atomic E-state index is -0.622. The number of rotatable bonds is 4. The smallest absolute Gasteiger partial charge is 0.254 e. The van der Waals surface area contributed by atoms with E-state index in [1.54, 1.807) is 0 Å². The minimum absolute atomic E-state index is 0.00946. The van der Waals surface area contributed by atoms with Gasteiger partial charge in [-0.25, -0.2) is 9.37 Å². The van der Waals surface area contributed by atoms with Crippen molar-refractivity contribution in [3.05, 3.63) is 41.0 Å². The van der Waals surface area contributed by atoms with Crippen LogP contribution in [0, 0.1) is 5.82 Å². The Bertz CT molecular complexity index is 547. The van der Waals surface area contributed by atoms with Gasteiger partial charge in [-0.2, -0.15) is 4.98 Å². The molecule has 0 unspecified atom stereocenters. The first kappa shape index (κ1) is 12.4. The lowest BCUT2D eigenvalue weighted by Crippen LogP contribution is -2.26. The van der Waals surface area contributed by atoms with Gasteiger partial charge in [0.25, 0.3) is 5.91 Å². The van der Waals surface area contributed by atoms with Crippen LogP contribution < -0.4 is 5.32 Å². The van der Waals surface area contributed by atoms with Gasteiger partial charge >= 0.3 is 0 Å². The van der Waals surface area contributed by atoms with Gasteiger partial charge in [-0.15, -0.1) is 0 Å². The maximum absolute atomic E-state index is 12.9. The number of amides is 1. The fraction of sp³-hybridized carbons (Fsp3) is 0.200. The zero-order valence-corrected chi connectivity index (χ0v) is 9.82. The van der Waals surface area contributed by atoms with Crippen LogP contribution in [0.3, 0.4) is 0 Å². The SMILES string of the molecule is O=C(NCCc1ncon1)c1cc(F)cnc1Cl. The molecule has 2 aromatic heterocycles. The topological polar surface area (TPSA) is 80.9 Å². The maximum Gasteiger partial charge on any atom is 0.254 e. The Kier molecular flexibility index (Phi) is 3.83. The van der Waals surface area contributed by atoms with Crippen LogP contribution in [0.25, 0.3) is 0 Å². The number of halogens is 2. The number of aromatic nitrogens is 3. The molecule has 0 radical (unpaired) electrons. The molecule has 0 saturated carbocycles. The van der Waals surface area contributed by atoms with Gasteiger partial charge in [0.05, 0.1) is 11.8 Å². The summed E-state index contributed by atoms with van der Waals surface area (Å²) >= 11 is 5.69. The van der Waals surface area contributed by atoms with E-state index in [2.05, 4.69) is 25.0 Å². The van der Waals surface area contributed by atoms with Gasteiger partial charge < -0.3 is 9.84 Å². The number of nitrogens with zero attached hydrogens (tertiary/aromatic N) is 3. The number of hydrogen-bond acceptors (Lipinski definition) is 5. The van der Waals surface area contributed by atoms with E-state index >= 15 is 0 Å². The molecule has 94 valence electrons. The second-order valence-electron chi connectivity index (χ2n) is 3.35. The molecule has 0 fully saturated rings. The Balaban J connectivity index is 1.93. The van der Waals surface area contributed by atoms with Crippen molar-refractivity contribution < 1.29 is 13.7 Å². The Labute approximate surface area is 106 Å². The molecular weight excluding hydrogens is 263 g/mol. The van der Waals surface area contributed by atoms with Crippen LogP contribution in [-0.2, 0) is 6.42 Å². The molecule has 1 N–H and O–H groups in total. The second kappa shape index (κ2) is 5.54. The number of pyridine rings is 1. The minimum Gasteiger partial charge on any atom is -0.351 e. The van der Waals surface area contributed by atoms with E-state index in [1.807, 2.05) is 0 Å². The van der Waals surface area contributed by atoms with Gasteiger partial charge in [-0.1, -0.05) is 16.8 Å². The van der Waals surface area contributed by atoms with Gasteiger partial charge in [0, 0.05) is 13.0 Å². The van der Waals surface area contributed by atoms with Crippen molar-refractivity contribution in [1.82, 2.24) is 20.4 Å². The van der Waals surface area contributed by atoms with Crippen molar-refractivity contribution in [2.45, 2.75) is 6.42 Å². The molecule has 2 heterocycles. The summed E-state index contributed by atoms with van der Waals surface area (Å²) in [7, 11) is 0. The van der Waals surface area contributed by atoms with E-state index in [4.69, 9.17) is 11.6 Å². The molecular formula is C10H8ClFN4O2. The molecule has 2 aromatic rings. The molecule has 0 atom stereocenters. The van der Waals surface area contributed by atoms with Crippen molar-refractivity contribution in [1.29, 1.82) is 0 Å². The van der Waals surface area contributed by atoms with E-state index in [9.17, 15) is 9.18 Å². The lowest BCUT2D eigenvalue weighted by atomic mass is 10.2. The first-order valence-electron chi connectivity index (χ1n) is 5.01. The van der Waals surface area contributed by atoms with Crippen molar-refractivity contribution in [2.75, 3.05) is 6.54 Å². The summed E-state index contributed by atoms with van der Waals surface area (Å²) in [4.78, 5) is 19.0. The average molecular weight is 271 g/mol. The monoisotopic (exact) mass is 270 g/mol. The standard InChI is InChI=1S/C10H8ClFN4O2/c11-9-7(3-6(12)4-14-9)10(17)13-2-1-8-15-5-18-16-8/h3-5H,1-2H2,(H,13,17). The molecule has 2 rings (SSSR count). The highest BCUT2D eigenvalue weighted by Gasteiger charge is 2.12. The number of hydrogen-bond donors (Lipinski definition) is 1. The van der Waals surface area contributed by atoms with E-state index in [-0.39, 0.29) is 17.3 Å². The highest BCUT2D eigenvalue weighted by Crippen LogP contribution is 2.13. The Morgan fingerprint density at radius 1 is 1.50 bits per heavy atom. The van der Waals surface area contributed by atoms with Crippen LogP contribution >= 0.6 is 11.6 Å². The van der Waals surface area contributed by atoms with E-state index in [0.29, 0.717) is 12.2 Å². The van der Waals surface area contributed by atoms with E-state index in [1.165, 1.54) is 6.39 Å². The molecule has 0 saturated heterocycles. The second-order valence-corrected chi connectivity index (χ2v) is 3.70. The maximum atomic E-state index is 12.9. The summed E-state index contributed by atoms with van der Waals surface area (Å²) in [6.45, 7) is 0.283. The molecule has 18 heavy (non-hydrogen) atoms.